The van der Waals surface area contributed by atoms with Gasteiger partial charge in [0.15, 0.2) is 0 Å². The molecular weight excluding hydrogens is 376 g/mol. The van der Waals surface area contributed by atoms with Crippen LogP contribution in [0, 0.1) is 13.8 Å². The van der Waals surface area contributed by atoms with E-state index in [4.69, 9.17) is 4.52 Å². The summed E-state index contributed by atoms with van der Waals surface area (Å²) in [5.74, 6) is 0.743. The van der Waals surface area contributed by atoms with Gasteiger partial charge < -0.3 is 14.7 Å². The third-order valence-electron chi connectivity index (χ3n) is 5.27. The van der Waals surface area contributed by atoms with Gasteiger partial charge in [-0.05, 0) is 44.9 Å². The molecule has 3 aromatic rings. The number of rotatable bonds is 4. The van der Waals surface area contributed by atoms with E-state index >= 15 is 0 Å². The maximum absolute atomic E-state index is 12.7. The second kappa shape index (κ2) is 7.71. The zero-order chi connectivity index (χ0) is 19.7. The third kappa shape index (κ3) is 3.77. The molecule has 1 aromatic carbocycles. The molecule has 1 atom stereocenters. The molecule has 28 heavy (non-hydrogen) atoms. The van der Waals surface area contributed by atoms with Crippen LogP contribution in [0.25, 0.3) is 10.2 Å². The van der Waals surface area contributed by atoms with Crippen molar-refractivity contribution in [1.82, 2.24) is 20.4 Å². The normalized spacial score (nSPS) is 17.7. The van der Waals surface area contributed by atoms with Crippen molar-refractivity contribution in [2.75, 3.05) is 6.54 Å². The van der Waals surface area contributed by atoms with Gasteiger partial charge in [-0.25, -0.2) is 4.98 Å². The van der Waals surface area contributed by atoms with Crippen molar-refractivity contribution < 1.29 is 14.1 Å². The Morgan fingerprint density at radius 2 is 2.21 bits per heavy atom. The molecule has 1 aliphatic rings. The van der Waals surface area contributed by atoms with E-state index in [0.717, 1.165) is 33.7 Å². The Kier molecular flexibility index (Phi) is 5.13. The number of likely N-dealkylation sites (tertiary alicyclic amines) is 1. The molecular formula is C20H22N4O3S. The molecule has 0 saturated carbocycles. The number of amides is 2. The van der Waals surface area contributed by atoms with Crippen LogP contribution in [-0.2, 0) is 11.3 Å². The van der Waals surface area contributed by atoms with Gasteiger partial charge in [-0.1, -0.05) is 5.16 Å². The van der Waals surface area contributed by atoms with Crippen LogP contribution in [0.4, 0.5) is 0 Å². The van der Waals surface area contributed by atoms with Crippen LogP contribution in [-0.4, -0.2) is 39.4 Å². The Labute approximate surface area is 166 Å². The molecule has 1 fully saturated rings. The Bertz CT molecular complexity index is 1010. The summed E-state index contributed by atoms with van der Waals surface area (Å²) in [5.41, 5.74) is 5.08. The summed E-state index contributed by atoms with van der Waals surface area (Å²) in [4.78, 5) is 31.3. The standard InChI is InChI=1S/C20H22N4O3S/c1-12-16(13(2)27-23-12)10-24-8-7-15(4-6-19(24)25)22-20(26)14-3-5-17-18(9-14)28-11-21-17/h3,5,9,11,15H,4,6-8,10H2,1-2H3,(H,22,26). The van der Waals surface area contributed by atoms with Crippen molar-refractivity contribution >= 4 is 33.4 Å². The van der Waals surface area contributed by atoms with Gasteiger partial charge in [-0.2, -0.15) is 0 Å². The number of hydrogen-bond acceptors (Lipinski definition) is 6. The first-order valence-electron chi connectivity index (χ1n) is 9.35. The molecule has 1 aliphatic heterocycles. The Hall–Kier alpha value is -2.74. The summed E-state index contributed by atoms with van der Waals surface area (Å²) < 4.78 is 6.20. The van der Waals surface area contributed by atoms with Crippen molar-refractivity contribution in [2.24, 2.45) is 0 Å². The van der Waals surface area contributed by atoms with Crippen molar-refractivity contribution in [3.8, 4) is 0 Å². The molecule has 3 heterocycles. The van der Waals surface area contributed by atoms with Gasteiger partial charge in [-0.3, -0.25) is 9.59 Å². The Morgan fingerprint density at radius 3 is 3.00 bits per heavy atom. The zero-order valence-electron chi connectivity index (χ0n) is 15.9. The molecule has 2 amide bonds. The molecule has 1 unspecified atom stereocenters. The average Bonchev–Trinajstić information content (AvgIpc) is 3.23. The summed E-state index contributed by atoms with van der Waals surface area (Å²) in [6, 6.07) is 5.50. The molecule has 7 nitrogen and oxygen atoms in total. The monoisotopic (exact) mass is 398 g/mol. The number of benzene rings is 1. The van der Waals surface area contributed by atoms with Gasteiger partial charge >= 0.3 is 0 Å². The Balaban J connectivity index is 1.40. The maximum atomic E-state index is 12.7. The maximum Gasteiger partial charge on any atom is 0.251 e. The molecule has 0 aliphatic carbocycles. The van der Waals surface area contributed by atoms with Crippen molar-refractivity contribution in [3.05, 3.63) is 46.3 Å². The van der Waals surface area contributed by atoms with Gasteiger partial charge in [0.25, 0.3) is 5.91 Å². The summed E-state index contributed by atoms with van der Waals surface area (Å²) in [7, 11) is 0. The van der Waals surface area contributed by atoms with Crippen LogP contribution < -0.4 is 5.32 Å². The number of hydrogen-bond donors (Lipinski definition) is 1. The summed E-state index contributed by atoms with van der Waals surface area (Å²) >= 11 is 1.52. The van der Waals surface area contributed by atoms with Gasteiger partial charge in [0.2, 0.25) is 5.91 Å². The molecule has 1 N–H and O–H groups in total. The average molecular weight is 398 g/mol. The first kappa shape index (κ1) is 18.6. The molecule has 4 rings (SSSR count). The number of fused-ring (bicyclic) bond motifs is 1. The molecule has 1 saturated heterocycles. The predicted octanol–water partition coefficient (Wildman–Crippen LogP) is 3.21. The smallest absolute Gasteiger partial charge is 0.251 e. The SMILES string of the molecule is Cc1noc(C)c1CN1CCC(NC(=O)c2ccc3ncsc3c2)CCC1=O. The number of carbonyl (C=O) groups excluding carboxylic acids is 2. The minimum absolute atomic E-state index is 0.0247. The van der Waals surface area contributed by atoms with Gasteiger partial charge in [0.1, 0.15) is 5.76 Å². The van der Waals surface area contributed by atoms with E-state index in [0.29, 0.717) is 31.5 Å². The lowest BCUT2D eigenvalue weighted by molar-refractivity contribution is -0.131. The van der Waals surface area contributed by atoms with Crippen LogP contribution in [0.3, 0.4) is 0 Å². The number of thiazole rings is 1. The largest absolute Gasteiger partial charge is 0.361 e. The van der Waals surface area contributed by atoms with E-state index in [1.165, 1.54) is 11.3 Å². The lowest BCUT2D eigenvalue weighted by Crippen LogP contribution is -2.36. The molecule has 146 valence electrons. The van der Waals surface area contributed by atoms with Crippen LogP contribution in [0.5, 0.6) is 0 Å². The highest BCUT2D eigenvalue weighted by Crippen LogP contribution is 2.21. The van der Waals surface area contributed by atoms with Crippen molar-refractivity contribution in [2.45, 2.75) is 45.7 Å². The van der Waals surface area contributed by atoms with Gasteiger partial charge in [-0.15, -0.1) is 11.3 Å². The minimum Gasteiger partial charge on any atom is -0.361 e. The zero-order valence-corrected chi connectivity index (χ0v) is 16.7. The summed E-state index contributed by atoms with van der Waals surface area (Å²) in [6.45, 7) is 4.85. The fourth-order valence-corrected chi connectivity index (χ4v) is 4.25. The van der Waals surface area contributed by atoms with Gasteiger partial charge in [0, 0.05) is 30.1 Å². The highest BCUT2D eigenvalue weighted by Gasteiger charge is 2.25. The third-order valence-corrected chi connectivity index (χ3v) is 6.06. The van der Waals surface area contributed by atoms with Crippen LogP contribution in [0.1, 0.15) is 46.6 Å². The van der Waals surface area contributed by atoms with E-state index in [-0.39, 0.29) is 17.9 Å². The second-order valence-corrected chi connectivity index (χ2v) is 8.04. The highest BCUT2D eigenvalue weighted by molar-refractivity contribution is 7.16. The fourth-order valence-electron chi connectivity index (χ4n) is 3.53. The molecule has 0 radical (unpaired) electrons. The van der Waals surface area contributed by atoms with Crippen LogP contribution >= 0.6 is 11.3 Å². The summed E-state index contributed by atoms with van der Waals surface area (Å²) in [6.07, 6.45) is 1.79. The predicted molar refractivity (Wildman–Crippen MR) is 106 cm³/mol. The van der Waals surface area contributed by atoms with Crippen LogP contribution in [0.2, 0.25) is 0 Å². The number of aromatic nitrogens is 2. The highest BCUT2D eigenvalue weighted by atomic mass is 32.1. The van der Waals surface area contributed by atoms with Crippen LogP contribution in [0.15, 0.2) is 28.2 Å². The molecule has 2 aromatic heterocycles. The van der Waals surface area contributed by atoms with E-state index in [9.17, 15) is 9.59 Å². The van der Waals surface area contributed by atoms with Crippen molar-refractivity contribution in [3.63, 3.8) is 0 Å². The number of nitrogens with one attached hydrogen (secondary N) is 1. The number of carbonyl (C=O) groups is 2. The quantitative estimate of drug-likeness (QED) is 0.729. The topological polar surface area (TPSA) is 88.3 Å². The first-order valence-corrected chi connectivity index (χ1v) is 10.2. The van der Waals surface area contributed by atoms with E-state index in [1.54, 1.807) is 11.6 Å². The first-order chi connectivity index (χ1) is 13.5. The van der Waals surface area contributed by atoms with E-state index in [2.05, 4.69) is 15.5 Å². The van der Waals surface area contributed by atoms with E-state index in [1.807, 2.05) is 30.9 Å². The molecule has 0 spiro atoms. The second-order valence-electron chi connectivity index (χ2n) is 7.15. The van der Waals surface area contributed by atoms with Gasteiger partial charge in [0.05, 0.1) is 28.0 Å². The lowest BCUT2D eigenvalue weighted by Gasteiger charge is -2.21. The van der Waals surface area contributed by atoms with Crippen molar-refractivity contribution in [1.29, 1.82) is 0 Å². The lowest BCUT2D eigenvalue weighted by atomic mass is 10.1. The summed E-state index contributed by atoms with van der Waals surface area (Å²) in [5, 5.41) is 7.05. The van der Waals surface area contributed by atoms with E-state index < -0.39 is 0 Å². The Morgan fingerprint density at radius 1 is 1.36 bits per heavy atom. The minimum atomic E-state index is -0.105. The molecule has 0 bridgehead atoms. The number of aryl methyl sites for hydroxylation is 2. The molecule has 8 heteroatoms. The number of nitrogens with zero attached hydrogens (tertiary/aromatic N) is 3. The fraction of sp³-hybridized carbons (Fsp3) is 0.400.